The first-order valence-electron chi connectivity index (χ1n) is 10.2. The van der Waals surface area contributed by atoms with Crippen molar-refractivity contribution in [3.63, 3.8) is 0 Å². The van der Waals surface area contributed by atoms with Gasteiger partial charge in [-0.25, -0.2) is 0 Å². The van der Waals surface area contributed by atoms with E-state index < -0.39 is 0 Å². The van der Waals surface area contributed by atoms with Crippen LogP contribution >= 0.6 is 0 Å². The average Bonchev–Trinajstić information content (AvgIpc) is 2.89. The summed E-state index contributed by atoms with van der Waals surface area (Å²) in [6, 6.07) is -0.125. The third-order valence-electron chi connectivity index (χ3n) is 6.07. The molecule has 144 valence electrons. The summed E-state index contributed by atoms with van der Waals surface area (Å²) in [5.74, 6) is 0.603. The van der Waals surface area contributed by atoms with Gasteiger partial charge in [0, 0.05) is 24.5 Å². The molecule has 1 atom stereocenters. The lowest BCUT2D eigenvalue weighted by atomic mass is 9.94. The molecule has 1 unspecified atom stereocenters. The van der Waals surface area contributed by atoms with E-state index >= 15 is 0 Å². The maximum Gasteiger partial charge on any atom is 0.237 e. The van der Waals surface area contributed by atoms with Crippen LogP contribution in [0.1, 0.15) is 72.6 Å². The third kappa shape index (κ3) is 5.70. The zero-order chi connectivity index (χ0) is 18.4. The molecule has 5 nitrogen and oxygen atoms in total. The van der Waals surface area contributed by atoms with E-state index in [0.717, 1.165) is 58.3 Å². The molecule has 2 saturated heterocycles. The van der Waals surface area contributed by atoms with Gasteiger partial charge in [0.2, 0.25) is 11.8 Å². The number of piperidine rings is 1. The van der Waals surface area contributed by atoms with Crippen LogP contribution in [-0.2, 0) is 9.59 Å². The second kappa shape index (κ2) is 9.02. The van der Waals surface area contributed by atoms with Crippen LogP contribution < -0.4 is 5.32 Å². The van der Waals surface area contributed by atoms with Gasteiger partial charge in [-0.1, -0.05) is 19.8 Å². The lowest BCUT2D eigenvalue weighted by molar-refractivity contribution is -0.137. The van der Waals surface area contributed by atoms with Crippen LogP contribution in [0.15, 0.2) is 0 Å². The quantitative estimate of drug-likeness (QED) is 0.829. The first kappa shape index (κ1) is 20.2. The fourth-order valence-electron chi connectivity index (χ4n) is 3.78. The summed E-state index contributed by atoms with van der Waals surface area (Å²) in [6.45, 7) is 11.7. The molecule has 0 aromatic heterocycles. The minimum Gasteiger partial charge on any atom is -0.350 e. The molecule has 1 N–H and O–H groups in total. The fraction of sp³-hybridized carbons (Fsp3) is 0.900. The van der Waals surface area contributed by atoms with E-state index in [1.165, 1.54) is 12.8 Å². The molecule has 0 spiro atoms. The Hall–Kier alpha value is -1.10. The van der Waals surface area contributed by atoms with Gasteiger partial charge in [-0.15, -0.1) is 0 Å². The molecule has 0 saturated carbocycles. The lowest BCUT2D eigenvalue weighted by Gasteiger charge is -2.37. The molecule has 2 amide bonds. The van der Waals surface area contributed by atoms with Gasteiger partial charge in [-0.2, -0.15) is 0 Å². The molecule has 2 heterocycles. The first-order chi connectivity index (χ1) is 11.8. The summed E-state index contributed by atoms with van der Waals surface area (Å²) in [7, 11) is 0. The molecular weight excluding hydrogens is 314 g/mol. The second-order valence-electron chi connectivity index (χ2n) is 8.45. The van der Waals surface area contributed by atoms with Crippen molar-refractivity contribution in [1.29, 1.82) is 0 Å². The monoisotopic (exact) mass is 351 g/mol. The molecule has 0 aliphatic carbocycles. The van der Waals surface area contributed by atoms with Crippen molar-refractivity contribution in [3.8, 4) is 0 Å². The topological polar surface area (TPSA) is 52.7 Å². The van der Waals surface area contributed by atoms with Gasteiger partial charge in [0.25, 0.3) is 0 Å². The number of nitrogens with zero attached hydrogens (tertiary/aromatic N) is 2. The summed E-state index contributed by atoms with van der Waals surface area (Å²) >= 11 is 0. The summed E-state index contributed by atoms with van der Waals surface area (Å²) in [4.78, 5) is 29.6. The van der Waals surface area contributed by atoms with Crippen LogP contribution in [0.4, 0.5) is 0 Å². The number of nitrogens with one attached hydrogen (secondary N) is 1. The minimum atomic E-state index is -0.160. The van der Waals surface area contributed by atoms with E-state index in [0.29, 0.717) is 5.91 Å². The van der Waals surface area contributed by atoms with Crippen LogP contribution in [0.25, 0.3) is 0 Å². The number of hydrogen-bond donors (Lipinski definition) is 1. The number of likely N-dealkylation sites (tertiary alicyclic amines) is 2. The molecule has 0 radical (unpaired) electrons. The van der Waals surface area contributed by atoms with Gasteiger partial charge in [0.15, 0.2) is 0 Å². The summed E-state index contributed by atoms with van der Waals surface area (Å²) < 4.78 is 0. The SMILES string of the molecule is CCC(C)(C)NC(=O)C(C)N1CCC(C(=O)N2CCCCCC2)CC1. The molecule has 0 bridgehead atoms. The molecule has 2 fully saturated rings. The highest BCUT2D eigenvalue weighted by molar-refractivity contribution is 5.82. The second-order valence-corrected chi connectivity index (χ2v) is 8.45. The van der Waals surface area contributed by atoms with Gasteiger partial charge in [-0.05, 0) is 66.0 Å². The predicted octanol–water partition coefficient (Wildman–Crippen LogP) is 2.79. The zero-order valence-corrected chi connectivity index (χ0v) is 16.6. The smallest absolute Gasteiger partial charge is 0.237 e. The molecule has 2 aliphatic rings. The number of hydrogen-bond acceptors (Lipinski definition) is 3. The predicted molar refractivity (Wildman–Crippen MR) is 101 cm³/mol. The van der Waals surface area contributed by atoms with Crippen molar-refractivity contribution in [1.82, 2.24) is 15.1 Å². The van der Waals surface area contributed by atoms with E-state index in [1.807, 2.05) is 6.92 Å². The molecular formula is C20H37N3O2. The van der Waals surface area contributed by atoms with Gasteiger partial charge in [0.05, 0.1) is 6.04 Å². The van der Waals surface area contributed by atoms with E-state index in [4.69, 9.17) is 0 Å². The minimum absolute atomic E-state index is 0.101. The Morgan fingerprint density at radius 3 is 2.12 bits per heavy atom. The molecule has 25 heavy (non-hydrogen) atoms. The Kier molecular flexibility index (Phi) is 7.29. The largest absolute Gasteiger partial charge is 0.350 e. The van der Waals surface area contributed by atoms with Crippen LogP contribution in [-0.4, -0.2) is 59.4 Å². The van der Waals surface area contributed by atoms with E-state index in [1.54, 1.807) is 0 Å². The maximum atomic E-state index is 12.8. The van der Waals surface area contributed by atoms with Crippen molar-refractivity contribution in [3.05, 3.63) is 0 Å². The molecule has 5 heteroatoms. The summed E-state index contributed by atoms with van der Waals surface area (Å²) in [5.41, 5.74) is -0.160. The Balaban J connectivity index is 1.82. The van der Waals surface area contributed by atoms with Crippen molar-refractivity contribution in [2.45, 2.75) is 84.2 Å². The molecule has 2 aliphatic heterocycles. The fourth-order valence-corrected chi connectivity index (χ4v) is 3.78. The van der Waals surface area contributed by atoms with Gasteiger partial charge >= 0.3 is 0 Å². The van der Waals surface area contributed by atoms with Gasteiger partial charge in [-0.3, -0.25) is 14.5 Å². The van der Waals surface area contributed by atoms with Crippen molar-refractivity contribution < 1.29 is 9.59 Å². The Bertz CT molecular complexity index is 448. The highest BCUT2D eigenvalue weighted by Crippen LogP contribution is 2.23. The first-order valence-corrected chi connectivity index (χ1v) is 10.2. The Morgan fingerprint density at radius 2 is 1.60 bits per heavy atom. The van der Waals surface area contributed by atoms with E-state index in [-0.39, 0.29) is 23.4 Å². The highest BCUT2D eigenvalue weighted by Gasteiger charge is 2.33. The summed E-state index contributed by atoms with van der Waals surface area (Å²) in [6.07, 6.45) is 7.47. The lowest BCUT2D eigenvalue weighted by Crippen LogP contribution is -2.54. The Labute approximate surface area is 153 Å². The third-order valence-corrected chi connectivity index (χ3v) is 6.07. The summed E-state index contributed by atoms with van der Waals surface area (Å²) in [5, 5.41) is 3.14. The van der Waals surface area contributed by atoms with Crippen molar-refractivity contribution in [2.24, 2.45) is 5.92 Å². The van der Waals surface area contributed by atoms with Crippen LogP contribution in [0.3, 0.4) is 0 Å². The molecule has 0 aromatic carbocycles. The van der Waals surface area contributed by atoms with Gasteiger partial charge < -0.3 is 10.2 Å². The maximum absolute atomic E-state index is 12.8. The average molecular weight is 352 g/mol. The molecule has 0 aromatic rings. The number of amides is 2. The van der Waals surface area contributed by atoms with Crippen molar-refractivity contribution in [2.75, 3.05) is 26.2 Å². The van der Waals surface area contributed by atoms with Crippen molar-refractivity contribution >= 4 is 11.8 Å². The number of carbonyl (C=O) groups is 2. The standard InChI is InChI=1S/C20H37N3O2/c1-5-20(3,4)21-18(24)16(2)22-14-10-17(11-15-22)19(25)23-12-8-6-7-9-13-23/h16-17H,5-15H2,1-4H3,(H,21,24). The van der Waals surface area contributed by atoms with Crippen LogP contribution in [0.2, 0.25) is 0 Å². The number of rotatable bonds is 5. The van der Waals surface area contributed by atoms with Crippen LogP contribution in [0.5, 0.6) is 0 Å². The van der Waals surface area contributed by atoms with E-state index in [2.05, 4.69) is 35.9 Å². The normalized spacial score (nSPS) is 22.3. The van der Waals surface area contributed by atoms with E-state index in [9.17, 15) is 9.59 Å². The number of carbonyl (C=O) groups excluding carboxylic acids is 2. The Morgan fingerprint density at radius 1 is 1.04 bits per heavy atom. The zero-order valence-electron chi connectivity index (χ0n) is 16.6. The van der Waals surface area contributed by atoms with Crippen LogP contribution in [0, 0.1) is 5.92 Å². The molecule has 2 rings (SSSR count). The highest BCUT2D eigenvalue weighted by atomic mass is 16.2. The van der Waals surface area contributed by atoms with Gasteiger partial charge in [0.1, 0.15) is 0 Å².